The molecule has 2 aliphatic heterocycles. The summed E-state index contributed by atoms with van der Waals surface area (Å²) in [4.78, 5) is 7.96. The fraction of sp³-hybridized carbons (Fsp3) is 0.444. The van der Waals surface area contributed by atoms with Crippen LogP contribution in [0.3, 0.4) is 0 Å². The molecule has 0 amide bonds. The van der Waals surface area contributed by atoms with Crippen LogP contribution in [0.5, 0.6) is 0 Å². The summed E-state index contributed by atoms with van der Waals surface area (Å²) in [5, 5.41) is 8.52. The minimum atomic E-state index is -3.77. The van der Waals surface area contributed by atoms with Crippen LogP contribution in [0.2, 0.25) is 0 Å². The van der Waals surface area contributed by atoms with Crippen LogP contribution >= 0.6 is 0 Å². The summed E-state index contributed by atoms with van der Waals surface area (Å²) >= 11 is 0. The Bertz CT molecular complexity index is 977. The van der Waals surface area contributed by atoms with E-state index in [4.69, 9.17) is 4.84 Å². The van der Waals surface area contributed by atoms with Crippen LogP contribution in [0.4, 0.5) is 5.69 Å². The Morgan fingerprint density at radius 1 is 1.15 bits per heavy atom. The van der Waals surface area contributed by atoms with Gasteiger partial charge in [0.05, 0.1) is 11.3 Å². The van der Waals surface area contributed by atoms with E-state index in [1.165, 1.54) is 28.9 Å². The molecular weight excluding hydrogens is 366 g/mol. The van der Waals surface area contributed by atoms with E-state index in [1.807, 2.05) is 12.1 Å². The largest absolute Gasteiger partial charge is 0.394 e. The highest BCUT2D eigenvalue weighted by atomic mass is 32.2. The van der Waals surface area contributed by atoms with E-state index in [1.54, 1.807) is 25.4 Å². The molecule has 1 aromatic heterocycles. The van der Waals surface area contributed by atoms with E-state index in [2.05, 4.69) is 15.2 Å². The van der Waals surface area contributed by atoms with Crippen LogP contribution in [-0.2, 0) is 21.9 Å². The third kappa shape index (κ3) is 3.21. The third-order valence-electron chi connectivity index (χ3n) is 5.01. The summed E-state index contributed by atoms with van der Waals surface area (Å²) in [7, 11) is -0.542. The van der Waals surface area contributed by atoms with Crippen molar-refractivity contribution in [1.29, 1.82) is 0 Å². The van der Waals surface area contributed by atoms with E-state index in [0.29, 0.717) is 29.1 Å². The molecule has 1 saturated heterocycles. The molecule has 8 nitrogen and oxygen atoms in total. The van der Waals surface area contributed by atoms with Gasteiger partial charge in [0.25, 0.3) is 10.0 Å². The van der Waals surface area contributed by atoms with Gasteiger partial charge < -0.3 is 4.84 Å². The number of aromatic nitrogens is 2. The molecule has 4 rings (SSSR count). The molecule has 144 valence electrons. The highest BCUT2D eigenvalue weighted by Gasteiger charge is 2.36. The van der Waals surface area contributed by atoms with Gasteiger partial charge in [0.15, 0.2) is 0 Å². The lowest BCUT2D eigenvalue weighted by Gasteiger charge is -2.18. The monoisotopic (exact) mass is 389 g/mol. The zero-order valence-electron chi connectivity index (χ0n) is 15.5. The third-order valence-corrected chi connectivity index (χ3v) is 6.71. The predicted octanol–water partition coefficient (Wildman–Crippen LogP) is 1.42. The summed E-state index contributed by atoms with van der Waals surface area (Å²) < 4.78 is 28.7. The predicted molar refractivity (Wildman–Crippen MR) is 103 cm³/mol. The maximum atomic E-state index is 13.0. The van der Waals surface area contributed by atoms with Gasteiger partial charge in [0, 0.05) is 32.4 Å². The number of anilines is 1. The number of oxime groups is 1. The topological polar surface area (TPSA) is 80.0 Å². The van der Waals surface area contributed by atoms with Crippen molar-refractivity contribution in [2.24, 2.45) is 12.2 Å². The lowest BCUT2D eigenvalue weighted by molar-refractivity contribution is 0.119. The molecule has 0 saturated carbocycles. The van der Waals surface area contributed by atoms with Crippen molar-refractivity contribution < 1.29 is 13.3 Å². The number of rotatable bonds is 4. The van der Waals surface area contributed by atoms with Crippen LogP contribution in [-0.4, -0.2) is 62.1 Å². The number of hydrogen-bond acceptors (Lipinski definition) is 6. The molecule has 0 unspecified atom stereocenters. The standard InChI is InChI=1S/C18H23N5O3S/c1-21-13-15-17(20-26-12-11-23-9-5-6-10-23)14-7-3-4-8-16(14)22(2)27(24,25)18(15)19-21/h3-4,7-8,13H,5-6,9-12H2,1-2H3/b20-17+. The zero-order chi connectivity index (χ0) is 19.0. The highest BCUT2D eigenvalue weighted by Crippen LogP contribution is 2.33. The number of likely N-dealkylation sites (tertiary alicyclic amines) is 1. The average molecular weight is 389 g/mol. The van der Waals surface area contributed by atoms with Crippen LogP contribution in [0, 0.1) is 0 Å². The van der Waals surface area contributed by atoms with Crippen molar-refractivity contribution in [3.05, 3.63) is 41.6 Å². The Labute approximate surface area is 159 Å². The van der Waals surface area contributed by atoms with Gasteiger partial charge in [-0.3, -0.25) is 13.9 Å². The van der Waals surface area contributed by atoms with E-state index in [0.717, 1.165) is 19.6 Å². The number of nitrogens with zero attached hydrogens (tertiary/aromatic N) is 5. The number of sulfonamides is 1. The Balaban J connectivity index is 1.73. The van der Waals surface area contributed by atoms with Crippen molar-refractivity contribution >= 4 is 21.4 Å². The van der Waals surface area contributed by atoms with Gasteiger partial charge in [0.1, 0.15) is 12.3 Å². The molecule has 9 heteroatoms. The molecule has 0 aliphatic carbocycles. The minimum Gasteiger partial charge on any atom is -0.394 e. The number of para-hydroxylation sites is 1. The number of benzene rings is 1. The second-order valence-corrected chi connectivity index (χ2v) is 8.72. The van der Waals surface area contributed by atoms with Gasteiger partial charge in [-0.05, 0) is 32.0 Å². The zero-order valence-corrected chi connectivity index (χ0v) is 16.3. The van der Waals surface area contributed by atoms with E-state index in [9.17, 15) is 8.42 Å². The lowest BCUT2D eigenvalue weighted by atomic mass is 10.0. The summed E-state index contributed by atoms with van der Waals surface area (Å²) in [5.41, 5.74) is 2.20. The number of hydrogen-bond donors (Lipinski definition) is 0. The van der Waals surface area contributed by atoms with E-state index < -0.39 is 10.0 Å². The molecule has 0 bridgehead atoms. The average Bonchev–Trinajstić information content (AvgIpc) is 3.29. The van der Waals surface area contributed by atoms with E-state index in [-0.39, 0.29) is 5.03 Å². The van der Waals surface area contributed by atoms with Crippen LogP contribution in [0.15, 0.2) is 40.6 Å². The van der Waals surface area contributed by atoms with Gasteiger partial charge in [-0.1, -0.05) is 23.4 Å². The van der Waals surface area contributed by atoms with Gasteiger partial charge in [-0.25, -0.2) is 0 Å². The van der Waals surface area contributed by atoms with Gasteiger partial charge >= 0.3 is 0 Å². The first-order valence-corrected chi connectivity index (χ1v) is 10.5. The van der Waals surface area contributed by atoms with Crippen molar-refractivity contribution in [1.82, 2.24) is 14.7 Å². The van der Waals surface area contributed by atoms with Crippen molar-refractivity contribution in [3.8, 4) is 0 Å². The fourth-order valence-corrected chi connectivity index (χ4v) is 4.90. The maximum Gasteiger partial charge on any atom is 0.284 e. The molecule has 0 N–H and O–H groups in total. The summed E-state index contributed by atoms with van der Waals surface area (Å²) in [6.45, 7) is 3.47. The Kier molecular flexibility index (Phi) is 4.65. The molecule has 1 aromatic carbocycles. The molecule has 0 spiro atoms. The van der Waals surface area contributed by atoms with Crippen LogP contribution in [0.1, 0.15) is 24.0 Å². The first-order chi connectivity index (χ1) is 13.0. The van der Waals surface area contributed by atoms with Gasteiger partial charge in [0.2, 0.25) is 5.03 Å². The summed E-state index contributed by atoms with van der Waals surface area (Å²) in [5.74, 6) is 0. The molecule has 0 atom stereocenters. The molecule has 0 radical (unpaired) electrons. The fourth-order valence-electron chi connectivity index (χ4n) is 3.56. The molecule has 1 fully saturated rings. The maximum absolute atomic E-state index is 13.0. The molecule has 3 heterocycles. The molecule has 2 aliphatic rings. The highest BCUT2D eigenvalue weighted by molar-refractivity contribution is 7.92. The molecule has 27 heavy (non-hydrogen) atoms. The molecule has 2 aromatic rings. The normalized spacial score (nSPS) is 20.4. The lowest BCUT2D eigenvalue weighted by Crippen LogP contribution is -2.27. The second-order valence-electron chi connectivity index (χ2n) is 6.83. The Hall–Kier alpha value is -2.39. The quantitative estimate of drug-likeness (QED) is 0.584. The second kappa shape index (κ2) is 6.97. The number of fused-ring (bicyclic) bond motifs is 2. The van der Waals surface area contributed by atoms with Crippen LogP contribution in [0.25, 0.3) is 0 Å². The van der Waals surface area contributed by atoms with Crippen molar-refractivity contribution in [2.45, 2.75) is 17.9 Å². The molecular formula is C18H23N5O3S. The summed E-state index contributed by atoms with van der Waals surface area (Å²) in [6, 6.07) is 7.28. The number of aryl methyl sites for hydroxylation is 1. The van der Waals surface area contributed by atoms with Crippen molar-refractivity contribution in [3.63, 3.8) is 0 Å². The minimum absolute atomic E-state index is 0.00871. The smallest absolute Gasteiger partial charge is 0.284 e. The van der Waals surface area contributed by atoms with Crippen molar-refractivity contribution in [2.75, 3.05) is 37.6 Å². The Morgan fingerprint density at radius 2 is 1.89 bits per heavy atom. The van der Waals surface area contributed by atoms with Crippen LogP contribution < -0.4 is 4.31 Å². The Morgan fingerprint density at radius 3 is 2.67 bits per heavy atom. The van der Waals surface area contributed by atoms with Gasteiger partial charge in [-0.15, -0.1) is 0 Å². The van der Waals surface area contributed by atoms with E-state index >= 15 is 0 Å². The first-order valence-electron chi connectivity index (χ1n) is 9.03. The summed E-state index contributed by atoms with van der Waals surface area (Å²) in [6.07, 6.45) is 4.13. The van der Waals surface area contributed by atoms with Gasteiger partial charge in [-0.2, -0.15) is 13.5 Å². The first kappa shape index (κ1) is 18.0. The SMILES string of the molecule is CN1c2ccccc2/C(=N\OCCN2CCCC2)c2cn(C)nc2S1(=O)=O.